The summed E-state index contributed by atoms with van der Waals surface area (Å²) in [4.78, 5) is 35.6. The Morgan fingerprint density at radius 1 is 1.16 bits per heavy atom. The van der Waals surface area contributed by atoms with Crippen LogP contribution in [0.4, 0.5) is 0 Å². The topological polar surface area (TPSA) is 100 Å². The van der Waals surface area contributed by atoms with Crippen molar-refractivity contribution in [1.82, 2.24) is 5.32 Å². The Kier molecular flexibility index (Phi) is 5.01. The minimum atomic E-state index is -1.54. The standard InChI is InChI=1S/C17H19NO7/c1-9(19)18-16-14(24-10(2)20)15(21)17(3,25-16)12-7-6-11(22-4)8-13(12)23-5/h6-8H,1-5H3,(H,18,19). The number of ketones is 1. The summed E-state index contributed by atoms with van der Waals surface area (Å²) in [6, 6.07) is 4.85. The average Bonchev–Trinajstić information content (AvgIpc) is 2.78. The van der Waals surface area contributed by atoms with Crippen LogP contribution in [0.25, 0.3) is 0 Å². The van der Waals surface area contributed by atoms with E-state index in [2.05, 4.69) is 5.32 Å². The van der Waals surface area contributed by atoms with Crippen LogP contribution in [0.15, 0.2) is 29.8 Å². The van der Waals surface area contributed by atoms with Crippen molar-refractivity contribution in [1.29, 1.82) is 0 Å². The van der Waals surface area contributed by atoms with E-state index in [-0.39, 0.29) is 11.6 Å². The van der Waals surface area contributed by atoms with Crippen molar-refractivity contribution >= 4 is 17.7 Å². The summed E-state index contributed by atoms with van der Waals surface area (Å²) in [6.45, 7) is 3.89. The summed E-state index contributed by atoms with van der Waals surface area (Å²) >= 11 is 0. The number of benzene rings is 1. The number of carbonyl (C=O) groups excluding carboxylic acids is 3. The first-order valence-corrected chi connectivity index (χ1v) is 7.39. The highest BCUT2D eigenvalue weighted by Crippen LogP contribution is 2.43. The van der Waals surface area contributed by atoms with Gasteiger partial charge in [0.05, 0.1) is 14.2 Å². The third-order valence-corrected chi connectivity index (χ3v) is 3.61. The molecule has 1 N–H and O–H groups in total. The number of Topliss-reactive ketones (excluding diaryl/α,β-unsaturated/α-hetero) is 1. The van der Waals surface area contributed by atoms with Crippen molar-refractivity contribution in [3.05, 3.63) is 35.4 Å². The molecule has 134 valence electrons. The van der Waals surface area contributed by atoms with Crippen LogP contribution < -0.4 is 14.8 Å². The molecule has 1 aromatic rings. The summed E-state index contributed by atoms with van der Waals surface area (Å²) in [5, 5.41) is 2.37. The maximum absolute atomic E-state index is 12.9. The van der Waals surface area contributed by atoms with Crippen molar-refractivity contribution in [2.24, 2.45) is 0 Å². The van der Waals surface area contributed by atoms with Gasteiger partial charge in [-0.2, -0.15) is 0 Å². The summed E-state index contributed by atoms with van der Waals surface area (Å²) in [5.74, 6) is -1.49. The molecule has 0 aromatic heterocycles. The maximum Gasteiger partial charge on any atom is 0.308 e. The predicted molar refractivity (Wildman–Crippen MR) is 85.6 cm³/mol. The largest absolute Gasteiger partial charge is 0.497 e. The minimum Gasteiger partial charge on any atom is -0.497 e. The Bertz CT molecular complexity index is 768. The Morgan fingerprint density at radius 2 is 1.84 bits per heavy atom. The molecule has 0 spiro atoms. The molecule has 1 atom stereocenters. The lowest BCUT2D eigenvalue weighted by molar-refractivity contribution is -0.142. The third kappa shape index (κ3) is 3.42. The Balaban J connectivity index is 2.51. The van der Waals surface area contributed by atoms with Crippen molar-refractivity contribution in [2.45, 2.75) is 26.4 Å². The molecule has 25 heavy (non-hydrogen) atoms. The zero-order valence-electron chi connectivity index (χ0n) is 14.6. The van der Waals surface area contributed by atoms with Gasteiger partial charge in [-0.25, -0.2) is 0 Å². The lowest BCUT2D eigenvalue weighted by Gasteiger charge is -2.25. The van der Waals surface area contributed by atoms with Crippen LogP contribution in [0.2, 0.25) is 0 Å². The first-order valence-electron chi connectivity index (χ1n) is 7.39. The molecular weight excluding hydrogens is 330 g/mol. The van der Waals surface area contributed by atoms with Crippen LogP contribution >= 0.6 is 0 Å². The van der Waals surface area contributed by atoms with Gasteiger partial charge in [-0.1, -0.05) is 0 Å². The van der Waals surface area contributed by atoms with Crippen LogP contribution in [-0.4, -0.2) is 31.9 Å². The molecule has 8 heteroatoms. The first-order chi connectivity index (χ1) is 11.7. The number of nitrogens with one attached hydrogen (secondary N) is 1. The predicted octanol–water partition coefficient (Wildman–Crippen LogP) is 1.39. The van der Waals surface area contributed by atoms with Crippen molar-refractivity contribution in [2.75, 3.05) is 14.2 Å². The molecule has 1 aliphatic heterocycles. The van der Waals surface area contributed by atoms with Crippen LogP contribution in [0, 0.1) is 0 Å². The monoisotopic (exact) mass is 349 g/mol. The van der Waals surface area contributed by atoms with Crippen LogP contribution in [0.5, 0.6) is 11.5 Å². The molecule has 0 radical (unpaired) electrons. The maximum atomic E-state index is 12.9. The second kappa shape index (κ2) is 6.84. The molecule has 0 bridgehead atoms. The highest BCUT2D eigenvalue weighted by atomic mass is 16.6. The molecule has 1 aromatic carbocycles. The number of ether oxygens (including phenoxy) is 4. The lowest BCUT2D eigenvalue weighted by atomic mass is 9.90. The fourth-order valence-corrected chi connectivity index (χ4v) is 2.47. The van der Waals surface area contributed by atoms with E-state index in [0.717, 1.165) is 6.92 Å². The van der Waals surface area contributed by atoms with Gasteiger partial charge in [0.1, 0.15) is 11.5 Å². The van der Waals surface area contributed by atoms with E-state index in [4.69, 9.17) is 18.9 Å². The van der Waals surface area contributed by atoms with E-state index < -0.39 is 23.3 Å². The smallest absolute Gasteiger partial charge is 0.308 e. The van der Waals surface area contributed by atoms with Gasteiger partial charge in [0, 0.05) is 25.5 Å². The second-order valence-electron chi connectivity index (χ2n) is 5.46. The van der Waals surface area contributed by atoms with Crippen LogP contribution in [0.3, 0.4) is 0 Å². The van der Waals surface area contributed by atoms with Gasteiger partial charge in [-0.15, -0.1) is 0 Å². The number of hydrogen-bond donors (Lipinski definition) is 1. The molecule has 1 amide bonds. The number of carbonyl (C=O) groups is 3. The molecular formula is C17H19NO7. The lowest BCUT2D eigenvalue weighted by Crippen LogP contribution is -2.32. The molecule has 0 saturated heterocycles. The molecule has 0 fully saturated rings. The number of rotatable bonds is 5. The molecule has 1 aliphatic rings. The third-order valence-electron chi connectivity index (χ3n) is 3.61. The molecule has 2 rings (SSSR count). The van der Waals surface area contributed by atoms with Crippen molar-refractivity contribution in [3.8, 4) is 11.5 Å². The fraction of sp³-hybridized carbons (Fsp3) is 0.353. The van der Waals surface area contributed by atoms with Crippen LogP contribution in [-0.2, 0) is 29.5 Å². The van der Waals surface area contributed by atoms with E-state index in [1.807, 2.05) is 0 Å². The van der Waals surface area contributed by atoms with Crippen LogP contribution in [0.1, 0.15) is 26.3 Å². The number of hydrogen-bond acceptors (Lipinski definition) is 7. The average molecular weight is 349 g/mol. The van der Waals surface area contributed by atoms with E-state index in [0.29, 0.717) is 17.1 Å². The zero-order chi connectivity index (χ0) is 18.8. The first kappa shape index (κ1) is 18.3. The quantitative estimate of drug-likeness (QED) is 0.802. The highest BCUT2D eigenvalue weighted by molar-refractivity contribution is 6.05. The van der Waals surface area contributed by atoms with Gasteiger partial charge < -0.3 is 18.9 Å². The molecule has 1 unspecified atom stereocenters. The van der Waals surface area contributed by atoms with Gasteiger partial charge in [-0.05, 0) is 19.1 Å². The van der Waals surface area contributed by atoms with Gasteiger partial charge in [0.2, 0.25) is 23.2 Å². The van der Waals surface area contributed by atoms with Gasteiger partial charge >= 0.3 is 5.97 Å². The minimum absolute atomic E-state index is 0.215. The Hall–Kier alpha value is -3.03. The van der Waals surface area contributed by atoms with Gasteiger partial charge in [-0.3, -0.25) is 19.7 Å². The molecule has 0 saturated carbocycles. The summed E-state index contributed by atoms with van der Waals surface area (Å²) in [6.07, 6.45) is 0. The number of amides is 1. The van der Waals surface area contributed by atoms with Crippen molar-refractivity contribution < 1.29 is 33.3 Å². The SMILES string of the molecule is COc1ccc(C2(C)OC(NC(C)=O)=C(OC(C)=O)C2=O)c(OC)c1. The fourth-order valence-electron chi connectivity index (χ4n) is 2.47. The summed E-state index contributed by atoms with van der Waals surface area (Å²) in [5.41, 5.74) is -1.15. The van der Waals surface area contributed by atoms with E-state index >= 15 is 0 Å². The van der Waals surface area contributed by atoms with Gasteiger partial charge in [0.25, 0.3) is 5.78 Å². The van der Waals surface area contributed by atoms with Crippen molar-refractivity contribution in [3.63, 3.8) is 0 Å². The van der Waals surface area contributed by atoms with E-state index in [1.54, 1.807) is 18.2 Å². The zero-order valence-corrected chi connectivity index (χ0v) is 14.6. The normalized spacial score (nSPS) is 19.3. The highest BCUT2D eigenvalue weighted by Gasteiger charge is 2.51. The molecule has 1 heterocycles. The Labute approximate surface area is 144 Å². The Morgan fingerprint density at radius 3 is 2.36 bits per heavy atom. The second-order valence-corrected chi connectivity index (χ2v) is 5.46. The van der Waals surface area contributed by atoms with E-state index in [9.17, 15) is 14.4 Å². The van der Waals surface area contributed by atoms with Gasteiger partial charge in [0.15, 0.2) is 0 Å². The molecule has 8 nitrogen and oxygen atoms in total. The molecule has 0 aliphatic carbocycles. The number of methoxy groups -OCH3 is 2. The summed E-state index contributed by atoms with van der Waals surface area (Å²) in [7, 11) is 2.94. The summed E-state index contributed by atoms with van der Waals surface area (Å²) < 4.78 is 21.1. The number of esters is 1. The van der Waals surface area contributed by atoms with E-state index in [1.165, 1.54) is 28.1 Å².